The van der Waals surface area contributed by atoms with Crippen LogP contribution in [0.5, 0.6) is 0 Å². The number of esters is 1. The average Bonchev–Trinajstić information content (AvgIpc) is 2.17. The Kier molecular flexibility index (Phi) is 4.14. The summed E-state index contributed by atoms with van der Waals surface area (Å²) in [5, 5.41) is 0. The van der Waals surface area contributed by atoms with Crippen molar-refractivity contribution in [1.82, 2.24) is 0 Å². The molecule has 0 bridgehead atoms. The van der Waals surface area contributed by atoms with Gasteiger partial charge in [0, 0.05) is 0 Å². The Morgan fingerprint density at radius 3 is 2.80 bits per heavy atom. The highest BCUT2D eigenvalue weighted by Crippen LogP contribution is 2.42. The Hall–Kier alpha value is -0.570. The molecule has 0 spiro atoms. The number of nitrogens with two attached hydrogens (primary N) is 1. The first-order valence-corrected chi connectivity index (χ1v) is 5.87. The zero-order chi connectivity index (χ0) is 11.5. The van der Waals surface area contributed by atoms with E-state index in [-0.39, 0.29) is 18.6 Å². The minimum absolute atomic E-state index is 0.00507. The van der Waals surface area contributed by atoms with E-state index in [1.807, 2.05) is 0 Å². The molecule has 2 unspecified atom stereocenters. The molecule has 0 radical (unpaired) electrons. The Bertz CT molecular complexity index is 228. The van der Waals surface area contributed by atoms with Crippen molar-refractivity contribution in [2.24, 2.45) is 17.1 Å². The first-order chi connectivity index (χ1) is 6.98. The molecule has 15 heavy (non-hydrogen) atoms. The second-order valence-electron chi connectivity index (χ2n) is 5.22. The van der Waals surface area contributed by atoms with Crippen molar-refractivity contribution in [3.8, 4) is 0 Å². The fourth-order valence-electron chi connectivity index (χ4n) is 2.32. The van der Waals surface area contributed by atoms with Gasteiger partial charge in [-0.05, 0) is 37.0 Å². The number of carbonyl (C=O) groups excluding carboxylic acids is 1. The maximum Gasteiger partial charge on any atom is 0.319 e. The van der Waals surface area contributed by atoms with Gasteiger partial charge >= 0.3 is 5.97 Å². The predicted octanol–water partition coefficient (Wildman–Crippen LogP) is 2.09. The molecule has 88 valence electrons. The Labute approximate surface area is 92.4 Å². The molecule has 0 saturated heterocycles. The lowest BCUT2D eigenvalue weighted by atomic mass is 9.67. The van der Waals surface area contributed by atoms with Gasteiger partial charge in [0.05, 0.1) is 6.54 Å². The lowest BCUT2D eigenvalue weighted by molar-refractivity contribution is -0.151. The van der Waals surface area contributed by atoms with Gasteiger partial charge in [0.15, 0.2) is 0 Å². The maximum absolute atomic E-state index is 11.1. The molecule has 1 aliphatic rings. The normalized spacial score (nSPS) is 31.7. The molecule has 3 nitrogen and oxygen atoms in total. The van der Waals surface area contributed by atoms with Crippen LogP contribution in [-0.2, 0) is 9.53 Å². The topological polar surface area (TPSA) is 52.3 Å². The number of rotatable bonds is 3. The van der Waals surface area contributed by atoms with E-state index in [1.54, 1.807) is 0 Å². The van der Waals surface area contributed by atoms with E-state index < -0.39 is 0 Å². The third kappa shape index (κ3) is 3.20. The highest BCUT2D eigenvalue weighted by Gasteiger charge is 2.36. The molecule has 2 atom stereocenters. The smallest absolute Gasteiger partial charge is 0.319 e. The zero-order valence-corrected chi connectivity index (χ0v) is 10.1. The van der Waals surface area contributed by atoms with Crippen LogP contribution in [0.15, 0.2) is 0 Å². The fraction of sp³-hybridized carbons (Fsp3) is 0.917. The molecule has 3 heteroatoms. The van der Waals surface area contributed by atoms with Crippen molar-refractivity contribution in [3.63, 3.8) is 0 Å². The summed E-state index contributed by atoms with van der Waals surface area (Å²) in [6, 6.07) is 0. The van der Waals surface area contributed by atoms with Gasteiger partial charge in [-0.2, -0.15) is 0 Å². The van der Waals surface area contributed by atoms with Crippen molar-refractivity contribution in [2.45, 2.75) is 52.6 Å². The fourth-order valence-corrected chi connectivity index (χ4v) is 2.32. The average molecular weight is 213 g/mol. The first-order valence-electron chi connectivity index (χ1n) is 5.87. The van der Waals surface area contributed by atoms with Crippen LogP contribution in [0.3, 0.4) is 0 Å². The van der Waals surface area contributed by atoms with Crippen LogP contribution in [0, 0.1) is 11.3 Å². The lowest BCUT2D eigenvalue weighted by Gasteiger charge is -2.40. The van der Waals surface area contributed by atoms with E-state index in [9.17, 15) is 4.79 Å². The summed E-state index contributed by atoms with van der Waals surface area (Å²) in [6.45, 7) is 6.77. The third-order valence-corrected chi connectivity index (χ3v) is 3.83. The molecular formula is C12H23NO2. The Balaban J connectivity index is 2.52. The quantitative estimate of drug-likeness (QED) is 0.730. The molecular weight excluding hydrogens is 190 g/mol. The maximum atomic E-state index is 11.1. The monoisotopic (exact) mass is 213 g/mol. The van der Waals surface area contributed by atoms with Gasteiger partial charge in [-0.1, -0.05) is 20.8 Å². The number of ether oxygens (including phenoxy) is 1. The largest absolute Gasteiger partial charge is 0.461 e. The van der Waals surface area contributed by atoms with E-state index in [0.29, 0.717) is 11.3 Å². The van der Waals surface area contributed by atoms with Crippen LogP contribution >= 0.6 is 0 Å². The number of hydrogen-bond acceptors (Lipinski definition) is 3. The SMILES string of the molecule is CC(C)C1(C)CCCC(OC(=O)CN)C1. The van der Waals surface area contributed by atoms with Gasteiger partial charge < -0.3 is 10.5 Å². The van der Waals surface area contributed by atoms with Gasteiger partial charge in [0.1, 0.15) is 6.10 Å². The van der Waals surface area contributed by atoms with E-state index >= 15 is 0 Å². The minimum atomic E-state index is -0.270. The molecule has 1 aliphatic carbocycles. The summed E-state index contributed by atoms with van der Waals surface area (Å²) in [7, 11) is 0. The van der Waals surface area contributed by atoms with Crippen LogP contribution in [0.2, 0.25) is 0 Å². The first kappa shape index (κ1) is 12.5. The van der Waals surface area contributed by atoms with E-state index in [4.69, 9.17) is 10.5 Å². The van der Waals surface area contributed by atoms with Crippen molar-refractivity contribution in [2.75, 3.05) is 6.54 Å². The summed E-state index contributed by atoms with van der Waals surface area (Å²) in [5.74, 6) is 0.366. The van der Waals surface area contributed by atoms with Gasteiger partial charge in [-0.15, -0.1) is 0 Å². The molecule has 2 N–H and O–H groups in total. The standard InChI is InChI=1S/C12H23NO2/c1-9(2)12(3)6-4-5-10(7-12)15-11(14)8-13/h9-10H,4-8,13H2,1-3H3. The summed E-state index contributed by atoms with van der Waals surface area (Å²) < 4.78 is 5.32. The molecule has 0 aromatic rings. The molecule has 0 heterocycles. The van der Waals surface area contributed by atoms with Crippen molar-refractivity contribution in [1.29, 1.82) is 0 Å². The van der Waals surface area contributed by atoms with E-state index in [1.165, 1.54) is 6.42 Å². The van der Waals surface area contributed by atoms with Crippen molar-refractivity contribution >= 4 is 5.97 Å². The van der Waals surface area contributed by atoms with Crippen LogP contribution in [0.4, 0.5) is 0 Å². The van der Waals surface area contributed by atoms with Crippen molar-refractivity contribution in [3.05, 3.63) is 0 Å². The predicted molar refractivity (Wildman–Crippen MR) is 60.3 cm³/mol. The molecule has 1 fully saturated rings. The highest BCUT2D eigenvalue weighted by atomic mass is 16.5. The second-order valence-corrected chi connectivity index (χ2v) is 5.22. The van der Waals surface area contributed by atoms with Gasteiger partial charge in [0.25, 0.3) is 0 Å². The number of hydrogen-bond donors (Lipinski definition) is 1. The van der Waals surface area contributed by atoms with Crippen LogP contribution in [0.1, 0.15) is 46.5 Å². The van der Waals surface area contributed by atoms with Crippen LogP contribution in [-0.4, -0.2) is 18.6 Å². The number of carbonyl (C=O) groups is 1. The minimum Gasteiger partial charge on any atom is -0.461 e. The lowest BCUT2D eigenvalue weighted by Crippen LogP contribution is -2.36. The highest BCUT2D eigenvalue weighted by molar-refractivity contribution is 5.71. The second kappa shape index (κ2) is 4.97. The third-order valence-electron chi connectivity index (χ3n) is 3.83. The molecule has 0 aromatic heterocycles. The Morgan fingerprint density at radius 2 is 2.27 bits per heavy atom. The summed E-state index contributed by atoms with van der Waals surface area (Å²) >= 11 is 0. The van der Waals surface area contributed by atoms with Crippen LogP contribution in [0.25, 0.3) is 0 Å². The van der Waals surface area contributed by atoms with Crippen LogP contribution < -0.4 is 5.73 Å². The van der Waals surface area contributed by atoms with E-state index in [2.05, 4.69) is 20.8 Å². The van der Waals surface area contributed by atoms with Crippen molar-refractivity contribution < 1.29 is 9.53 Å². The van der Waals surface area contributed by atoms with Gasteiger partial charge in [0.2, 0.25) is 0 Å². The summed E-state index contributed by atoms with van der Waals surface area (Å²) in [6.07, 6.45) is 4.45. The zero-order valence-electron chi connectivity index (χ0n) is 10.1. The summed E-state index contributed by atoms with van der Waals surface area (Å²) in [5.41, 5.74) is 5.56. The molecule has 1 rings (SSSR count). The molecule has 0 aromatic carbocycles. The van der Waals surface area contributed by atoms with E-state index in [0.717, 1.165) is 19.3 Å². The molecule has 0 aliphatic heterocycles. The molecule has 0 amide bonds. The molecule has 1 saturated carbocycles. The summed E-state index contributed by atoms with van der Waals surface area (Å²) in [4.78, 5) is 11.1. The Morgan fingerprint density at radius 1 is 1.60 bits per heavy atom. The van der Waals surface area contributed by atoms with Gasteiger partial charge in [-0.3, -0.25) is 4.79 Å². The van der Waals surface area contributed by atoms with Gasteiger partial charge in [-0.25, -0.2) is 0 Å².